The Hall–Kier alpha value is -0.570. The van der Waals surface area contributed by atoms with E-state index >= 15 is 0 Å². The van der Waals surface area contributed by atoms with Crippen molar-refractivity contribution in [2.75, 3.05) is 19.6 Å². The zero-order valence-electron chi connectivity index (χ0n) is 13.2. The smallest absolute Gasteiger partial charge is 0.230 e. The predicted molar refractivity (Wildman–Crippen MR) is 81.5 cm³/mol. The Morgan fingerprint density at radius 2 is 2.00 bits per heavy atom. The minimum atomic E-state index is -0.152. The first-order valence-electron chi connectivity index (χ1n) is 8.64. The van der Waals surface area contributed by atoms with Gasteiger partial charge in [0.1, 0.15) is 0 Å². The van der Waals surface area contributed by atoms with Crippen molar-refractivity contribution in [2.45, 2.75) is 64.8 Å². The molecule has 4 atom stereocenters. The quantitative estimate of drug-likeness (QED) is 0.800. The van der Waals surface area contributed by atoms with E-state index in [9.17, 15) is 4.79 Å². The summed E-state index contributed by atoms with van der Waals surface area (Å²) in [5.41, 5.74) is -0.152. The Labute approximate surface area is 123 Å². The molecule has 1 aliphatic carbocycles. The SMILES string of the molecule is CC1CCN(C(=O)C2(C)CCCNC2)C2CCCCC12. The number of amides is 1. The molecule has 3 fully saturated rings. The molecule has 3 rings (SSSR count). The van der Waals surface area contributed by atoms with Crippen LogP contribution in [0.3, 0.4) is 0 Å². The van der Waals surface area contributed by atoms with Crippen molar-refractivity contribution in [3.63, 3.8) is 0 Å². The maximum Gasteiger partial charge on any atom is 0.230 e. The Bertz CT molecular complexity index is 362. The van der Waals surface area contributed by atoms with Crippen LogP contribution < -0.4 is 5.32 Å². The van der Waals surface area contributed by atoms with Crippen molar-refractivity contribution in [1.29, 1.82) is 0 Å². The second-order valence-electron chi connectivity index (χ2n) is 7.62. The molecule has 0 radical (unpaired) electrons. The summed E-state index contributed by atoms with van der Waals surface area (Å²) in [5, 5.41) is 3.43. The number of fused-ring (bicyclic) bond motifs is 1. The Balaban J connectivity index is 1.76. The number of piperidine rings is 2. The third-order valence-corrected chi connectivity index (χ3v) is 6.11. The van der Waals surface area contributed by atoms with Crippen LogP contribution in [-0.4, -0.2) is 36.5 Å². The van der Waals surface area contributed by atoms with Crippen molar-refractivity contribution in [1.82, 2.24) is 10.2 Å². The van der Waals surface area contributed by atoms with Crippen LogP contribution in [0.1, 0.15) is 58.8 Å². The van der Waals surface area contributed by atoms with E-state index in [1.54, 1.807) is 0 Å². The molecule has 3 nitrogen and oxygen atoms in total. The first kappa shape index (κ1) is 14.4. The van der Waals surface area contributed by atoms with Gasteiger partial charge in [0.05, 0.1) is 5.41 Å². The molecule has 2 aliphatic heterocycles. The summed E-state index contributed by atoms with van der Waals surface area (Å²) in [6, 6.07) is 0.541. The zero-order chi connectivity index (χ0) is 14.2. The number of likely N-dealkylation sites (tertiary alicyclic amines) is 1. The van der Waals surface area contributed by atoms with E-state index < -0.39 is 0 Å². The van der Waals surface area contributed by atoms with Crippen LogP contribution in [0.2, 0.25) is 0 Å². The van der Waals surface area contributed by atoms with Gasteiger partial charge in [-0.1, -0.05) is 19.8 Å². The highest BCUT2D eigenvalue weighted by molar-refractivity contribution is 5.83. The van der Waals surface area contributed by atoms with Crippen LogP contribution in [0, 0.1) is 17.3 Å². The molecule has 1 N–H and O–H groups in total. The Kier molecular flexibility index (Phi) is 4.07. The van der Waals surface area contributed by atoms with E-state index in [-0.39, 0.29) is 5.41 Å². The third-order valence-electron chi connectivity index (χ3n) is 6.11. The number of rotatable bonds is 1. The molecule has 0 aromatic rings. The topological polar surface area (TPSA) is 32.3 Å². The van der Waals surface area contributed by atoms with E-state index in [4.69, 9.17) is 0 Å². The van der Waals surface area contributed by atoms with E-state index in [0.29, 0.717) is 11.9 Å². The molecule has 4 unspecified atom stereocenters. The molecule has 0 bridgehead atoms. The van der Waals surface area contributed by atoms with Gasteiger partial charge in [-0.05, 0) is 57.4 Å². The van der Waals surface area contributed by atoms with Gasteiger partial charge in [0.2, 0.25) is 5.91 Å². The van der Waals surface area contributed by atoms with E-state index in [2.05, 4.69) is 24.1 Å². The summed E-state index contributed by atoms with van der Waals surface area (Å²) < 4.78 is 0. The number of hydrogen-bond donors (Lipinski definition) is 1. The maximum atomic E-state index is 13.1. The first-order valence-corrected chi connectivity index (χ1v) is 8.64. The lowest BCUT2D eigenvalue weighted by Crippen LogP contribution is -2.58. The average Bonchev–Trinajstić information content (AvgIpc) is 2.48. The number of nitrogens with zero attached hydrogens (tertiary/aromatic N) is 1. The molecular weight excluding hydrogens is 248 g/mol. The van der Waals surface area contributed by atoms with Crippen molar-refractivity contribution in [2.24, 2.45) is 17.3 Å². The molecule has 3 aliphatic rings. The van der Waals surface area contributed by atoms with Crippen LogP contribution in [-0.2, 0) is 4.79 Å². The van der Waals surface area contributed by atoms with Crippen molar-refractivity contribution in [3.05, 3.63) is 0 Å². The standard InChI is InChI=1S/C17H30N2O/c1-13-8-11-19(15-7-4-3-6-14(13)15)16(20)17(2)9-5-10-18-12-17/h13-15,18H,3-12H2,1-2H3. The molecule has 20 heavy (non-hydrogen) atoms. The summed E-state index contributed by atoms with van der Waals surface area (Å²) in [6.07, 6.45) is 8.66. The van der Waals surface area contributed by atoms with Gasteiger partial charge in [0, 0.05) is 19.1 Å². The molecule has 2 saturated heterocycles. The number of hydrogen-bond acceptors (Lipinski definition) is 2. The Morgan fingerprint density at radius 3 is 2.75 bits per heavy atom. The highest BCUT2D eigenvalue weighted by Gasteiger charge is 2.45. The molecular formula is C17H30N2O. The van der Waals surface area contributed by atoms with Crippen LogP contribution in [0.5, 0.6) is 0 Å². The minimum absolute atomic E-state index is 0.152. The highest BCUT2D eigenvalue weighted by atomic mass is 16.2. The summed E-state index contributed by atoms with van der Waals surface area (Å²) >= 11 is 0. The lowest BCUT2D eigenvalue weighted by Gasteiger charge is -2.50. The predicted octanol–water partition coefficient (Wildman–Crippen LogP) is 2.80. The summed E-state index contributed by atoms with van der Waals surface area (Å²) in [5.74, 6) is 2.01. The van der Waals surface area contributed by atoms with Crippen LogP contribution in [0.15, 0.2) is 0 Å². The second kappa shape index (κ2) is 5.67. The Morgan fingerprint density at radius 1 is 1.20 bits per heavy atom. The van der Waals surface area contributed by atoms with Crippen molar-refractivity contribution in [3.8, 4) is 0 Å². The van der Waals surface area contributed by atoms with Gasteiger partial charge in [-0.2, -0.15) is 0 Å². The number of carbonyl (C=O) groups excluding carboxylic acids is 1. The fourth-order valence-corrected chi connectivity index (χ4v) is 4.75. The lowest BCUT2D eigenvalue weighted by molar-refractivity contribution is -0.150. The van der Waals surface area contributed by atoms with Crippen molar-refractivity contribution < 1.29 is 4.79 Å². The van der Waals surface area contributed by atoms with E-state index in [0.717, 1.165) is 44.3 Å². The monoisotopic (exact) mass is 278 g/mol. The first-order chi connectivity index (χ1) is 9.62. The average molecular weight is 278 g/mol. The van der Waals surface area contributed by atoms with Crippen molar-refractivity contribution >= 4 is 5.91 Å². The summed E-state index contributed by atoms with van der Waals surface area (Å²) in [7, 11) is 0. The molecule has 0 spiro atoms. The highest BCUT2D eigenvalue weighted by Crippen LogP contribution is 2.41. The molecule has 1 amide bonds. The fraction of sp³-hybridized carbons (Fsp3) is 0.941. The normalized spacial score (nSPS) is 42.1. The lowest BCUT2D eigenvalue weighted by atomic mass is 9.71. The molecule has 114 valence electrons. The molecule has 2 heterocycles. The van der Waals surface area contributed by atoms with Gasteiger partial charge in [-0.3, -0.25) is 4.79 Å². The molecule has 1 saturated carbocycles. The maximum absolute atomic E-state index is 13.1. The minimum Gasteiger partial charge on any atom is -0.339 e. The van der Waals surface area contributed by atoms with Crippen LogP contribution >= 0.6 is 0 Å². The number of carbonyl (C=O) groups is 1. The van der Waals surface area contributed by atoms with E-state index in [1.165, 1.54) is 32.1 Å². The molecule has 3 heteroatoms. The zero-order valence-corrected chi connectivity index (χ0v) is 13.2. The van der Waals surface area contributed by atoms with Gasteiger partial charge in [-0.15, -0.1) is 0 Å². The second-order valence-corrected chi connectivity index (χ2v) is 7.62. The summed E-state index contributed by atoms with van der Waals surface area (Å²) in [6.45, 7) is 7.52. The molecule has 0 aromatic carbocycles. The van der Waals surface area contributed by atoms with Crippen LogP contribution in [0.25, 0.3) is 0 Å². The van der Waals surface area contributed by atoms with Gasteiger partial charge >= 0.3 is 0 Å². The summed E-state index contributed by atoms with van der Waals surface area (Å²) in [4.78, 5) is 15.4. The van der Waals surface area contributed by atoms with Gasteiger partial charge in [-0.25, -0.2) is 0 Å². The molecule has 0 aromatic heterocycles. The van der Waals surface area contributed by atoms with Gasteiger partial charge < -0.3 is 10.2 Å². The van der Waals surface area contributed by atoms with E-state index in [1.807, 2.05) is 0 Å². The number of nitrogens with one attached hydrogen (secondary N) is 1. The van der Waals surface area contributed by atoms with Gasteiger partial charge in [0.15, 0.2) is 0 Å². The third kappa shape index (κ3) is 2.49. The largest absolute Gasteiger partial charge is 0.339 e. The van der Waals surface area contributed by atoms with Gasteiger partial charge in [0.25, 0.3) is 0 Å². The fourth-order valence-electron chi connectivity index (χ4n) is 4.75. The van der Waals surface area contributed by atoms with Crippen LogP contribution in [0.4, 0.5) is 0 Å².